The number of thioether (sulfide) groups is 1. The van der Waals surface area contributed by atoms with Crippen LogP contribution >= 0.6 is 11.8 Å². The fourth-order valence-corrected chi connectivity index (χ4v) is 3.89. The van der Waals surface area contributed by atoms with Crippen LogP contribution < -0.4 is 5.32 Å². The molecular weight excluding hydrogens is 473 g/mol. The number of carbonyl (C=O) groups excluding carboxylic acids is 2. The van der Waals surface area contributed by atoms with Crippen LogP contribution in [-0.2, 0) is 30.8 Å². The molecule has 0 spiro atoms. The van der Waals surface area contributed by atoms with Crippen LogP contribution in [0.1, 0.15) is 12.7 Å². The second-order valence-electron chi connectivity index (χ2n) is 6.89. The van der Waals surface area contributed by atoms with Gasteiger partial charge in [0.2, 0.25) is 5.91 Å². The maximum absolute atomic E-state index is 12.9. The van der Waals surface area contributed by atoms with Gasteiger partial charge in [0.25, 0.3) is 0 Å². The van der Waals surface area contributed by atoms with E-state index in [9.17, 15) is 22.4 Å². The highest BCUT2D eigenvalue weighted by molar-refractivity contribution is 8.01. The number of anilines is 1. The molecule has 0 aliphatic heterocycles. The molecule has 0 aliphatic carbocycles. The van der Waals surface area contributed by atoms with Gasteiger partial charge in [-0.3, -0.25) is 9.59 Å². The number of nitrogens with one attached hydrogen (secondary N) is 1. The Labute approximate surface area is 193 Å². The fourth-order valence-electron chi connectivity index (χ4n) is 2.58. The summed E-state index contributed by atoms with van der Waals surface area (Å²) in [6.45, 7) is 1.39. The first kappa shape index (κ1) is 24.3. The number of ether oxygens (including phenoxy) is 1. The van der Waals surface area contributed by atoms with Gasteiger partial charge in [-0.25, -0.2) is 12.8 Å². The summed E-state index contributed by atoms with van der Waals surface area (Å²) in [5.74, 6) is -1.07. The maximum atomic E-state index is 12.9. The Balaban J connectivity index is 1.51. The Bertz CT molecular complexity index is 1230. The van der Waals surface area contributed by atoms with Crippen molar-refractivity contribution in [3.63, 3.8) is 0 Å². The Morgan fingerprint density at radius 1 is 1.15 bits per heavy atom. The van der Waals surface area contributed by atoms with Gasteiger partial charge in [0.1, 0.15) is 11.1 Å². The van der Waals surface area contributed by atoms with E-state index < -0.39 is 26.9 Å². The molecule has 2 aromatic carbocycles. The summed E-state index contributed by atoms with van der Waals surface area (Å²) in [5.41, 5.74) is 0.951. The third-order valence-corrected chi connectivity index (χ3v) is 6.56. The second kappa shape index (κ2) is 10.5. The molecule has 0 saturated heterocycles. The van der Waals surface area contributed by atoms with Gasteiger partial charge in [-0.05, 0) is 65.9 Å². The van der Waals surface area contributed by atoms with Crippen molar-refractivity contribution in [3.05, 3.63) is 60.2 Å². The number of hydrogen-bond donors (Lipinski definition) is 1. The van der Waals surface area contributed by atoms with Gasteiger partial charge in [-0.2, -0.15) is 4.68 Å². The van der Waals surface area contributed by atoms with Crippen LogP contribution in [0, 0.1) is 5.82 Å². The smallest absolute Gasteiger partial charge is 0.319 e. The number of benzene rings is 2. The van der Waals surface area contributed by atoms with Crippen LogP contribution in [-0.4, -0.2) is 57.8 Å². The van der Waals surface area contributed by atoms with Crippen molar-refractivity contribution in [3.8, 4) is 5.69 Å². The molecule has 0 fully saturated rings. The number of sulfone groups is 1. The quantitative estimate of drug-likeness (QED) is 0.444. The van der Waals surface area contributed by atoms with Crippen molar-refractivity contribution in [1.82, 2.24) is 20.2 Å². The van der Waals surface area contributed by atoms with Crippen molar-refractivity contribution in [2.24, 2.45) is 0 Å². The first-order valence-electron chi connectivity index (χ1n) is 9.55. The van der Waals surface area contributed by atoms with Crippen molar-refractivity contribution < 1.29 is 27.1 Å². The highest BCUT2D eigenvalue weighted by Crippen LogP contribution is 2.17. The van der Waals surface area contributed by atoms with Gasteiger partial charge in [0, 0.05) is 11.9 Å². The van der Waals surface area contributed by atoms with E-state index in [0.29, 0.717) is 11.4 Å². The molecule has 1 atom stereocenters. The average Bonchev–Trinajstić information content (AvgIpc) is 3.25. The van der Waals surface area contributed by atoms with Gasteiger partial charge < -0.3 is 10.1 Å². The first-order chi connectivity index (χ1) is 15.6. The molecule has 0 bridgehead atoms. The number of tetrazole rings is 1. The maximum Gasteiger partial charge on any atom is 0.319 e. The van der Waals surface area contributed by atoms with Crippen LogP contribution in [0.15, 0.2) is 53.4 Å². The Morgan fingerprint density at radius 3 is 2.45 bits per heavy atom. The molecule has 1 aromatic heterocycles. The first-order valence-corrected chi connectivity index (χ1v) is 12.5. The number of halogens is 1. The largest absolute Gasteiger partial charge is 0.457 e. The highest BCUT2D eigenvalue weighted by atomic mass is 32.2. The molecule has 174 valence electrons. The lowest BCUT2D eigenvalue weighted by Gasteiger charge is -2.11. The van der Waals surface area contributed by atoms with Crippen molar-refractivity contribution in [1.29, 1.82) is 0 Å². The summed E-state index contributed by atoms with van der Waals surface area (Å²) in [6.07, 6.45) is 1.11. The predicted octanol–water partition coefficient (Wildman–Crippen LogP) is 2.01. The van der Waals surface area contributed by atoms with Gasteiger partial charge in [-0.1, -0.05) is 0 Å². The predicted molar refractivity (Wildman–Crippen MR) is 119 cm³/mol. The highest BCUT2D eigenvalue weighted by Gasteiger charge is 2.19. The third kappa shape index (κ3) is 6.83. The Morgan fingerprint density at radius 2 is 1.82 bits per heavy atom. The standard InChI is InChI=1S/C20H20FN5O5S2/c1-13(32-12-19(27)22-15-5-3-14(21)4-6-15)20(28)31-11-18-23-24-25-26(18)16-7-9-17(10-8-16)33(2,29)30/h3-10,13H,11-12H2,1-2H3,(H,22,27)/t13-/m1/s1. The van der Waals surface area contributed by atoms with Crippen LogP contribution in [0.4, 0.5) is 10.1 Å². The molecule has 0 saturated carbocycles. The van der Waals surface area contributed by atoms with E-state index in [1.54, 1.807) is 6.92 Å². The third-order valence-electron chi connectivity index (χ3n) is 4.31. The lowest BCUT2D eigenvalue weighted by atomic mass is 10.3. The second-order valence-corrected chi connectivity index (χ2v) is 10.2. The number of carbonyl (C=O) groups is 2. The molecule has 1 N–H and O–H groups in total. The van der Waals surface area contributed by atoms with E-state index in [4.69, 9.17) is 4.74 Å². The molecule has 0 radical (unpaired) electrons. The Hall–Kier alpha value is -3.32. The minimum atomic E-state index is -3.34. The van der Waals surface area contributed by atoms with Crippen molar-refractivity contribution in [2.45, 2.75) is 23.7 Å². The molecule has 10 nitrogen and oxygen atoms in total. The monoisotopic (exact) mass is 493 g/mol. The number of rotatable bonds is 9. The van der Waals surface area contributed by atoms with E-state index in [1.165, 1.54) is 53.2 Å². The number of hydrogen-bond acceptors (Lipinski definition) is 9. The molecule has 1 heterocycles. The summed E-state index contributed by atoms with van der Waals surface area (Å²) in [6, 6.07) is 11.3. The molecule has 33 heavy (non-hydrogen) atoms. The number of nitrogens with zero attached hydrogens (tertiary/aromatic N) is 4. The lowest BCUT2D eigenvalue weighted by molar-refractivity contribution is -0.144. The summed E-state index contributed by atoms with van der Waals surface area (Å²) < 4.78 is 42.7. The molecule has 13 heteroatoms. The fraction of sp³-hybridized carbons (Fsp3) is 0.250. The zero-order valence-corrected chi connectivity index (χ0v) is 19.3. The topological polar surface area (TPSA) is 133 Å². The van der Waals surface area contributed by atoms with Crippen molar-refractivity contribution >= 4 is 39.2 Å². The lowest BCUT2D eigenvalue weighted by Crippen LogP contribution is -2.22. The van der Waals surface area contributed by atoms with E-state index in [1.807, 2.05) is 0 Å². The minimum Gasteiger partial charge on any atom is -0.457 e. The normalized spacial score (nSPS) is 12.2. The SMILES string of the molecule is C[C@@H](SCC(=O)Nc1ccc(F)cc1)C(=O)OCc1nnnn1-c1ccc(S(C)(=O)=O)cc1. The van der Waals surface area contributed by atoms with E-state index in [0.717, 1.165) is 18.0 Å². The van der Waals surface area contributed by atoms with E-state index in [2.05, 4.69) is 20.8 Å². The van der Waals surface area contributed by atoms with Gasteiger partial charge in [0.05, 0.1) is 16.3 Å². The molecule has 3 rings (SSSR count). The number of aromatic nitrogens is 4. The van der Waals surface area contributed by atoms with E-state index in [-0.39, 0.29) is 29.0 Å². The van der Waals surface area contributed by atoms with Crippen molar-refractivity contribution in [2.75, 3.05) is 17.3 Å². The molecule has 0 aliphatic rings. The minimum absolute atomic E-state index is 0.00192. The average molecular weight is 494 g/mol. The van der Waals surface area contributed by atoms with Gasteiger partial charge in [0.15, 0.2) is 22.3 Å². The van der Waals surface area contributed by atoms with Gasteiger partial charge >= 0.3 is 5.97 Å². The zero-order valence-electron chi connectivity index (χ0n) is 17.6. The molecule has 3 aromatic rings. The Kier molecular flexibility index (Phi) is 7.76. The van der Waals surface area contributed by atoms with Crippen LogP contribution in [0.3, 0.4) is 0 Å². The van der Waals surface area contributed by atoms with E-state index >= 15 is 0 Å². The summed E-state index contributed by atoms with van der Waals surface area (Å²) in [7, 11) is -3.34. The molecular formula is C20H20FN5O5S2. The summed E-state index contributed by atoms with van der Waals surface area (Å²) in [5, 5.41) is 13.2. The summed E-state index contributed by atoms with van der Waals surface area (Å²) in [4.78, 5) is 24.5. The number of amides is 1. The van der Waals surface area contributed by atoms with Crippen LogP contribution in [0.2, 0.25) is 0 Å². The molecule has 1 amide bonds. The molecule has 0 unspecified atom stereocenters. The van der Waals surface area contributed by atoms with Crippen LogP contribution in [0.25, 0.3) is 5.69 Å². The zero-order chi connectivity index (χ0) is 24.0. The van der Waals surface area contributed by atoms with Gasteiger partial charge in [-0.15, -0.1) is 16.9 Å². The number of esters is 1. The van der Waals surface area contributed by atoms with Crippen LogP contribution in [0.5, 0.6) is 0 Å². The summed E-state index contributed by atoms with van der Waals surface area (Å²) >= 11 is 1.08.